The quantitative estimate of drug-likeness (QED) is 0.793. The number of carbonyl (C=O) groups is 2. The zero-order valence-corrected chi connectivity index (χ0v) is 10.2. The second kappa shape index (κ2) is 5.07. The fourth-order valence-corrected chi connectivity index (χ4v) is 2.23. The summed E-state index contributed by atoms with van der Waals surface area (Å²) in [5.41, 5.74) is 0.765. The highest BCUT2D eigenvalue weighted by atomic mass is 32.1. The van der Waals surface area contributed by atoms with Crippen LogP contribution in [-0.4, -0.2) is 33.4 Å². The van der Waals surface area contributed by atoms with Gasteiger partial charge in [0.15, 0.2) is 6.04 Å². The first-order valence-corrected chi connectivity index (χ1v) is 5.73. The molecule has 0 aromatic carbocycles. The molecule has 1 rings (SSSR count). The highest BCUT2D eigenvalue weighted by molar-refractivity contribution is 7.09. The van der Waals surface area contributed by atoms with Gasteiger partial charge in [-0.2, -0.15) is 0 Å². The van der Waals surface area contributed by atoms with Crippen molar-refractivity contribution in [2.24, 2.45) is 0 Å². The molecule has 1 unspecified atom stereocenters. The predicted octanol–water partition coefficient (Wildman–Crippen LogP) is 1.44. The fourth-order valence-electron chi connectivity index (χ4n) is 1.34. The Kier molecular flexibility index (Phi) is 4.00. The molecule has 1 heterocycles. The summed E-state index contributed by atoms with van der Waals surface area (Å²) in [6.07, 6.45) is 0.556. The monoisotopic (exact) mass is 242 g/mol. The maximum atomic E-state index is 11.2. The Hall–Kier alpha value is -1.43. The molecule has 0 aliphatic rings. The number of aromatic nitrogens is 1. The predicted molar refractivity (Wildman–Crippen MR) is 60.3 cm³/mol. The van der Waals surface area contributed by atoms with Crippen molar-refractivity contribution in [1.82, 2.24) is 9.88 Å². The van der Waals surface area contributed by atoms with Crippen molar-refractivity contribution in [1.29, 1.82) is 0 Å². The highest BCUT2D eigenvalue weighted by Gasteiger charge is 2.30. The number of hydrogen-bond donors (Lipinski definition) is 1. The number of carboxylic acid groups (broad SMARTS) is 1. The van der Waals surface area contributed by atoms with Gasteiger partial charge < -0.3 is 10.0 Å². The minimum Gasteiger partial charge on any atom is -0.479 e. The van der Waals surface area contributed by atoms with Crippen LogP contribution in [0.1, 0.15) is 30.6 Å². The zero-order chi connectivity index (χ0) is 12.3. The first kappa shape index (κ1) is 12.6. The Morgan fingerprint density at radius 3 is 2.56 bits per heavy atom. The van der Waals surface area contributed by atoms with E-state index in [1.807, 2.05) is 0 Å². The molecule has 6 heteroatoms. The van der Waals surface area contributed by atoms with Crippen LogP contribution in [-0.2, 0) is 9.59 Å². The minimum atomic E-state index is -1.06. The standard InChI is InChI=1S/C10H14N2O3S/c1-6(2)12(5-13)8(10(14)15)9-11-7(3)4-16-9/h4-6,8H,1-3H3,(H,14,15). The first-order chi connectivity index (χ1) is 7.47. The van der Waals surface area contributed by atoms with Crippen LogP contribution in [0.5, 0.6) is 0 Å². The molecule has 0 spiro atoms. The molecule has 0 saturated carbocycles. The van der Waals surface area contributed by atoms with Gasteiger partial charge in [0.2, 0.25) is 6.41 Å². The summed E-state index contributed by atoms with van der Waals surface area (Å²) in [7, 11) is 0. The van der Waals surface area contributed by atoms with Gasteiger partial charge in [-0.3, -0.25) is 4.79 Å². The van der Waals surface area contributed by atoms with Gasteiger partial charge in [0.25, 0.3) is 0 Å². The number of carbonyl (C=O) groups excluding carboxylic acids is 1. The van der Waals surface area contributed by atoms with Crippen molar-refractivity contribution in [2.75, 3.05) is 0 Å². The van der Waals surface area contributed by atoms with Crippen LogP contribution in [0.25, 0.3) is 0 Å². The zero-order valence-electron chi connectivity index (χ0n) is 9.38. The van der Waals surface area contributed by atoms with Crippen LogP contribution < -0.4 is 0 Å². The van der Waals surface area contributed by atoms with E-state index in [0.29, 0.717) is 11.4 Å². The number of carboxylic acids is 1. The smallest absolute Gasteiger partial charge is 0.333 e. The van der Waals surface area contributed by atoms with Gasteiger partial charge in [0, 0.05) is 17.1 Å². The molecular weight excluding hydrogens is 228 g/mol. The van der Waals surface area contributed by atoms with Crippen LogP contribution in [0.3, 0.4) is 0 Å². The molecule has 0 bridgehead atoms. The molecule has 1 aromatic rings. The van der Waals surface area contributed by atoms with Gasteiger partial charge in [-0.1, -0.05) is 0 Å². The topological polar surface area (TPSA) is 70.5 Å². The minimum absolute atomic E-state index is 0.178. The van der Waals surface area contributed by atoms with Gasteiger partial charge >= 0.3 is 5.97 Å². The van der Waals surface area contributed by atoms with Crippen LogP contribution in [0.2, 0.25) is 0 Å². The van der Waals surface area contributed by atoms with Crippen molar-refractivity contribution < 1.29 is 14.7 Å². The number of thiazole rings is 1. The van der Waals surface area contributed by atoms with Crippen LogP contribution in [0, 0.1) is 6.92 Å². The Morgan fingerprint density at radius 1 is 1.62 bits per heavy atom. The lowest BCUT2D eigenvalue weighted by molar-refractivity contribution is -0.148. The number of hydrogen-bond acceptors (Lipinski definition) is 4. The molecule has 16 heavy (non-hydrogen) atoms. The summed E-state index contributed by atoms with van der Waals surface area (Å²) in [6.45, 7) is 5.33. The molecule has 0 aliphatic carbocycles. The summed E-state index contributed by atoms with van der Waals surface area (Å²) >= 11 is 1.25. The van der Waals surface area contributed by atoms with E-state index < -0.39 is 12.0 Å². The van der Waals surface area contributed by atoms with E-state index in [1.165, 1.54) is 16.2 Å². The molecule has 1 aromatic heterocycles. The average molecular weight is 242 g/mol. The number of aryl methyl sites for hydroxylation is 1. The van der Waals surface area contributed by atoms with E-state index >= 15 is 0 Å². The van der Waals surface area contributed by atoms with Gasteiger partial charge in [-0.05, 0) is 20.8 Å². The Bertz CT molecular complexity index is 389. The average Bonchev–Trinajstić information content (AvgIpc) is 2.59. The van der Waals surface area contributed by atoms with E-state index in [4.69, 9.17) is 5.11 Å². The third kappa shape index (κ3) is 2.57. The molecule has 0 aliphatic heterocycles. The first-order valence-electron chi connectivity index (χ1n) is 4.85. The van der Waals surface area contributed by atoms with Crippen molar-refractivity contribution in [3.63, 3.8) is 0 Å². The molecule has 5 nitrogen and oxygen atoms in total. The highest BCUT2D eigenvalue weighted by Crippen LogP contribution is 2.25. The largest absolute Gasteiger partial charge is 0.479 e. The second-order valence-electron chi connectivity index (χ2n) is 3.71. The summed E-state index contributed by atoms with van der Waals surface area (Å²) in [5, 5.41) is 11.4. The lowest BCUT2D eigenvalue weighted by atomic mass is 10.2. The SMILES string of the molecule is Cc1csc(C(C(=O)O)N(C=O)C(C)C)n1. The third-order valence-corrected chi connectivity index (χ3v) is 3.14. The van der Waals surface area contributed by atoms with E-state index in [-0.39, 0.29) is 6.04 Å². The molecule has 88 valence electrons. The fraction of sp³-hybridized carbons (Fsp3) is 0.500. The maximum Gasteiger partial charge on any atom is 0.333 e. The van der Waals surface area contributed by atoms with E-state index in [1.54, 1.807) is 26.2 Å². The van der Waals surface area contributed by atoms with Crippen LogP contribution in [0.4, 0.5) is 0 Å². The molecule has 1 N–H and O–H groups in total. The van der Waals surface area contributed by atoms with Crippen molar-refractivity contribution in [2.45, 2.75) is 32.9 Å². The van der Waals surface area contributed by atoms with E-state index in [0.717, 1.165) is 5.69 Å². The lowest BCUT2D eigenvalue weighted by Gasteiger charge is -2.26. The summed E-state index contributed by atoms with van der Waals surface area (Å²) in [6, 6.07) is -1.17. The van der Waals surface area contributed by atoms with Crippen LogP contribution >= 0.6 is 11.3 Å². The summed E-state index contributed by atoms with van der Waals surface area (Å²) in [4.78, 5) is 27.5. The Balaban J connectivity index is 3.08. The molecule has 0 saturated heterocycles. The third-order valence-electron chi connectivity index (χ3n) is 2.12. The molecule has 0 fully saturated rings. The van der Waals surface area contributed by atoms with E-state index in [9.17, 15) is 9.59 Å². The summed E-state index contributed by atoms with van der Waals surface area (Å²) in [5.74, 6) is -1.06. The van der Waals surface area contributed by atoms with Gasteiger partial charge in [0.1, 0.15) is 5.01 Å². The van der Waals surface area contributed by atoms with Crippen molar-refractivity contribution in [3.05, 3.63) is 16.1 Å². The molecule has 1 atom stereocenters. The lowest BCUT2D eigenvalue weighted by Crippen LogP contribution is -2.38. The summed E-state index contributed by atoms with van der Waals surface area (Å²) < 4.78 is 0. The number of nitrogens with zero attached hydrogens (tertiary/aromatic N) is 2. The number of aliphatic carboxylic acids is 1. The van der Waals surface area contributed by atoms with Crippen molar-refractivity contribution >= 4 is 23.7 Å². The molecule has 0 radical (unpaired) electrons. The molecule has 1 amide bonds. The number of amides is 1. The normalized spacial score (nSPS) is 12.5. The maximum absolute atomic E-state index is 11.2. The Labute approximate surface area is 97.7 Å². The van der Waals surface area contributed by atoms with Crippen molar-refractivity contribution in [3.8, 4) is 0 Å². The van der Waals surface area contributed by atoms with Gasteiger partial charge in [-0.25, -0.2) is 9.78 Å². The van der Waals surface area contributed by atoms with Gasteiger partial charge in [0.05, 0.1) is 0 Å². The molecular formula is C10H14N2O3S. The van der Waals surface area contributed by atoms with E-state index in [2.05, 4.69) is 4.98 Å². The number of rotatable bonds is 5. The Morgan fingerprint density at radius 2 is 2.25 bits per heavy atom. The van der Waals surface area contributed by atoms with Gasteiger partial charge in [-0.15, -0.1) is 11.3 Å². The van der Waals surface area contributed by atoms with Crippen LogP contribution in [0.15, 0.2) is 5.38 Å². The second-order valence-corrected chi connectivity index (χ2v) is 4.60.